The molecule has 0 unspecified atom stereocenters. The lowest BCUT2D eigenvalue weighted by Gasteiger charge is -2.03. The number of carboxylic acids is 1. The minimum Gasteiger partial charge on any atom is -0.477 e. The second-order valence-corrected chi connectivity index (χ2v) is 4.12. The molecule has 0 spiro atoms. The van der Waals surface area contributed by atoms with E-state index in [2.05, 4.69) is 9.97 Å². The molecule has 0 saturated carbocycles. The third-order valence-electron chi connectivity index (χ3n) is 2.87. The Bertz CT molecular complexity index is 769. The van der Waals surface area contributed by atoms with Gasteiger partial charge in [-0.2, -0.15) is 0 Å². The summed E-state index contributed by atoms with van der Waals surface area (Å²) in [6.45, 7) is 0. The van der Waals surface area contributed by atoms with E-state index in [0.29, 0.717) is 5.69 Å². The van der Waals surface area contributed by atoms with Gasteiger partial charge in [0.15, 0.2) is 0 Å². The summed E-state index contributed by atoms with van der Waals surface area (Å²) in [7, 11) is 0. The molecule has 0 radical (unpaired) electrons. The van der Waals surface area contributed by atoms with Gasteiger partial charge < -0.3 is 5.11 Å². The van der Waals surface area contributed by atoms with Crippen LogP contribution < -0.4 is 0 Å². The zero-order chi connectivity index (χ0) is 13.2. The van der Waals surface area contributed by atoms with E-state index in [1.807, 2.05) is 30.3 Å². The van der Waals surface area contributed by atoms with Crippen molar-refractivity contribution < 1.29 is 9.90 Å². The van der Waals surface area contributed by atoms with Gasteiger partial charge in [0.25, 0.3) is 0 Å². The fourth-order valence-electron chi connectivity index (χ4n) is 1.95. The van der Waals surface area contributed by atoms with Crippen LogP contribution in [0.2, 0.25) is 0 Å². The predicted octanol–water partition coefficient (Wildman–Crippen LogP) is 3.00. The normalized spacial score (nSPS) is 10.5. The first-order valence-electron chi connectivity index (χ1n) is 5.79. The minimum atomic E-state index is -1.02. The van der Waals surface area contributed by atoms with Crippen molar-refractivity contribution in [2.45, 2.75) is 0 Å². The van der Waals surface area contributed by atoms with Gasteiger partial charge in [-0.25, -0.2) is 9.78 Å². The SMILES string of the molecule is O=C(O)c1cccc(-c2ccc3ncccc3c2)n1. The van der Waals surface area contributed by atoms with Crippen molar-refractivity contribution in [3.8, 4) is 11.3 Å². The molecule has 2 heterocycles. The number of aromatic carboxylic acids is 1. The highest BCUT2D eigenvalue weighted by molar-refractivity contribution is 5.87. The molecule has 0 aliphatic carbocycles. The van der Waals surface area contributed by atoms with Gasteiger partial charge in [0.05, 0.1) is 11.2 Å². The van der Waals surface area contributed by atoms with Crippen molar-refractivity contribution in [3.63, 3.8) is 0 Å². The summed E-state index contributed by atoms with van der Waals surface area (Å²) in [5, 5.41) is 9.96. The van der Waals surface area contributed by atoms with Crippen molar-refractivity contribution in [2.75, 3.05) is 0 Å². The molecule has 19 heavy (non-hydrogen) atoms. The van der Waals surface area contributed by atoms with E-state index in [1.54, 1.807) is 18.3 Å². The van der Waals surface area contributed by atoms with Gasteiger partial charge in [-0.1, -0.05) is 18.2 Å². The van der Waals surface area contributed by atoms with Crippen molar-refractivity contribution in [2.24, 2.45) is 0 Å². The lowest BCUT2D eigenvalue weighted by atomic mass is 10.1. The fraction of sp³-hybridized carbons (Fsp3) is 0. The van der Waals surface area contributed by atoms with Crippen LogP contribution in [-0.4, -0.2) is 21.0 Å². The maximum absolute atomic E-state index is 10.9. The van der Waals surface area contributed by atoms with Crippen LogP contribution in [0.4, 0.5) is 0 Å². The number of nitrogens with zero attached hydrogens (tertiary/aromatic N) is 2. The molecular formula is C15H10N2O2. The maximum atomic E-state index is 10.9. The predicted molar refractivity (Wildman–Crippen MR) is 71.9 cm³/mol. The topological polar surface area (TPSA) is 63.1 Å². The van der Waals surface area contributed by atoms with Gasteiger partial charge in [0, 0.05) is 17.1 Å². The Labute approximate surface area is 109 Å². The third kappa shape index (κ3) is 2.15. The molecule has 4 nitrogen and oxygen atoms in total. The number of hydrogen-bond donors (Lipinski definition) is 1. The Hall–Kier alpha value is -2.75. The van der Waals surface area contributed by atoms with Crippen LogP contribution in [-0.2, 0) is 0 Å². The summed E-state index contributed by atoms with van der Waals surface area (Å²) >= 11 is 0. The van der Waals surface area contributed by atoms with Crippen LogP contribution in [0.1, 0.15) is 10.5 Å². The molecule has 0 aliphatic heterocycles. The number of fused-ring (bicyclic) bond motifs is 1. The summed E-state index contributed by atoms with van der Waals surface area (Å²) in [4.78, 5) is 19.3. The zero-order valence-corrected chi connectivity index (χ0v) is 9.95. The smallest absolute Gasteiger partial charge is 0.354 e. The molecule has 3 rings (SSSR count). The summed E-state index contributed by atoms with van der Waals surface area (Å²) in [6.07, 6.45) is 1.74. The first kappa shape index (κ1) is 11.3. The number of hydrogen-bond acceptors (Lipinski definition) is 3. The summed E-state index contributed by atoms with van der Waals surface area (Å²) in [6, 6.07) is 14.6. The highest BCUT2D eigenvalue weighted by Gasteiger charge is 2.07. The van der Waals surface area contributed by atoms with Crippen molar-refractivity contribution in [3.05, 3.63) is 60.4 Å². The first-order chi connectivity index (χ1) is 9.24. The number of benzene rings is 1. The van der Waals surface area contributed by atoms with Crippen molar-refractivity contribution in [1.82, 2.24) is 9.97 Å². The van der Waals surface area contributed by atoms with Gasteiger partial charge >= 0.3 is 5.97 Å². The highest BCUT2D eigenvalue weighted by atomic mass is 16.4. The minimum absolute atomic E-state index is 0.0452. The second kappa shape index (κ2) is 4.49. The maximum Gasteiger partial charge on any atom is 0.354 e. The molecule has 0 amide bonds. The molecule has 2 aromatic heterocycles. The van der Waals surface area contributed by atoms with Gasteiger partial charge in [-0.05, 0) is 30.3 Å². The van der Waals surface area contributed by atoms with E-state index >= 15 is 0 Å². The Morgan fingerprint density at radius 2 is 1.95 bits per heavy atom. The van der Waals surface area contributed by atoms with Crippen LogP contribution >= 0.6 is 0 Å². The van der Waals surface area contributed by atoms with E-state index < -0.39 is 5.97 Å². The molecule has 0 bridgehead atoms. The van der Waals surface area contributed by atoms with Crippen LogP contribution in [0.5, 0.6) is 0 Å². The van der Waals surface area contributed by atoms with Crippen LogP contribution in [0.15, 0.2) is 54.7 Å². The third-order valence-corrected chi connectivity index (χ3v) is 2.87. The number of carboxylic acid groups (broad SMARTS) is 1. The van der Waals surface area contributed by atoms with Gasteiger partial charge in [-0.15, -0.1) is 0 Å². The van der Waals surface area contributed by atoms with Gasteiger partial charge in [0.2, 0.25) is 0 Å². The van der Waals surface area contributed by atoms with E-state index in [4.69, 9.17) is 5.11 Å². The molecule has 4 heteroatoms. The Balaban J connectivity index is 2.13. The molecule has 1 N–H and O–H groups in total. The molecule has 0 atom stereocenters. The quantitative estimate of drug-likeness (QED) is 0.759. The summed E-state index contributed by atoms with van der Waals surface area (Å²) in [5.41, 5.74) is 2.47. The van der Waals surface area contributed by atoms with Crippen molar-refractivity contribution >= 4 is 16.9 Å². The lowest BCUT2D eigenvalue weighted by Crippen LogP contribution is -2.00. The number of carbonyl (C=O) groups is 1. The molecule has 0 saturated heterocycles. The summed E-state index contributed by atoms with van der Waals surface area (Å²) < 4.78 is 0. The highest BCUT2D eigenvalue weighted by Crippen LogP contribution is 2.22. The van der Waals surface area contributed by atoms with E-state index in [-0.39, 0.29) is 5.69 Å². The molecule has 0 aliphatic rings. The Morgan fingerprint density at radius 1 is 1.05 bits per heavy atom. The van der Waals surface area contributed by atoms with E-state index in [0.717, 1.165) is 16.5 Å². The standard InChI is InChI=1S/C15H10N2O2/c18-15(19)14-5-1-4-13(17-14)11-6-7-12-10(9-11)3-2-8-16-12/h1-9H,(H,18,19). The van der Waals surface area contributed by atoms with Crippen molar-refractivity contribution in [1.29, 1.82) is 0 Å². The number of aromatic nitrogens is 2. The van der Waals surface area contributed by atoms with Crippen LogP contribution in [0.3, 0.4) is 0 Å². The molecule has 1 aromatic carbocycles. The zero-order valence-electron chi connectivity index (χ0n) is 9.95. The number of rotatable bonds is 2. The van der Waals surface area contributed by atoms with Crippen LogP contribution in [0, 0.1) is 0 Å². The number of pyridine rings is 2. The van der Waals surface area contributed by atoms with Crippen LogP contribution in [0.25, 0.3) is 22.2 Å². The van der Waals surface area contributed by atoms with E-state index in [9.17, 15) is 4.79 Å². The first-order valence-corrected chi connectivity index (χ1v) is 5.79. The fourth-order valence-corrected chi connectivity index (χ4v) is 1.95. The van der Waals surface area contributed by atoms with Gasteiger partial charge in [-0.3, -0.25) is 4.98 Å². The molecule has 3 aromatic rings. The average Bonchev–Trinajstić information content (AvgIpc) is 2.47. The molecule has 0 fully saturated rings. The molecular weight excluding hydrogens is 240 g/mol. The van der Waals surface area contributed by atoms with Gasteiger partial charge in [0.1, 0.15) is 5.69 Å². The molecule has 92 valence electrons. The Morgan fingerprint density at radius 3 is 2.79 bits per heavy atom. The lowest BCUT2D eigenvalue weighted by molar-refractivity contribution is 0.0690. The average molecular weight is 250 g/mol. The van der Waals surface area contributed by atoms with E-state index in [1.165, 1.54) is 6.07 Å². The largest absolute Gasteiger partial charge is 0.477 e. The Kier molecular flexibility index (Phi) is 2.68. The second-order valence-electron chi connectivity index (χ2n) is 4.12. The summed E-state index contributed by atoms with van der Waals surface area (Å²) in [5.74, 6) is -1.02. The monoisotopic (exact) mass is 250 g/mol.